The van der Waals surface area contributed by atoms with Gasteiger partial charge in [0.15, 0.2) is 16.4 Å². The van der Waals surface area contributed by atoms with Crippen LogP contribution >= 0.6 is 11.3 Å². The van der Waals surface area contributed by atoms with E-state index in [-0.39, 0.29) is 35.9 Å². The molecule has 0 radical (unpaired) electrons. The van der Waals surface area contributed by atoms with Crippen LogP contribution in [-0.2, 0) is 21.2 Å². The van der Waals surface area contributed by atoms with Crippen LogP contribution in [0.3, 0.4) is 0 Å². The Kier molecular flexibility index (Phi) is 5.39. The molecule has 8 heteroatoms. The number of hydrogen-bond donors (Lipinski definition) is 0. The monoisotopic (exact) mass is 383 g/mol. The van der Waals surface area contributed by atoms with Crippen molar-refractivity contribution in [2.24, 2.45) is 0 Å². The standard InChI is InChI=1S/C17H18FNO4S2/c18-13-3-5-15(6-4-13)23-11-17(20)19(10-16-2-1-8-24-16)14-7-9-25(21,22)12-14/h1-6,8,14H,7,9-12H2/t14-/m1/s1. The van der Waals surface area contributed by atoms with Crippen LogP contribution in [0.4, 0.5) is 4.39 Å². The van der Waals surface area contributed by atoms with Crippen LogP contribution in [-0.4, -0.2) is 43.4 Å². The lowest BCUT2D eigenvalue weighted by atomic mass is 10.2. The van der Waals surface area contributed by atoms with E-state index >= 15 is 0 Å². The maximum atomic E-state index is 12.9. The number of thiophene rings is 1. The van der Waals surface area contributed by atoms with Gasteiger partial charge in [-0.05, 0) is 42.1 Å². The lowest BCUT2D eigenvalue weighted by Crippen LogP contribution is -2.42. The van der Waals surface area contributed by atoms with Gasteiger partial charge >= 0.3 is 0 Å². The van der Waals surface area contributed by atoms with E-state index in [9.17, 15) is 17.6 Å². The van der Waals surface area contributed by atoms with Gasteiger partial charge in [0.25, 0.3) is 5.91 Å². The Morgan fingerprint density at radius 2 is 2.04 bits per heavy atom. The Morgan fingerprint density at radius 3 is 2.64 bits per heavy atom. The molecule has 1 saturated heterocycles. The van der Waals surface area contributed by atoms with Gasteiger partial charge in [-0.15, -0.1) is 11.3 Å². The zero-order valence-electron chi connectivity index (χ0n) is 13.4. The Bertz CT molecular complexity index is 819. The van der Waals surface area contributed by atoms with Crippen molar-refractivity contribution in [3.05, 3.63) is 52.5 Å². The third-order valence-corrected chi connectivity index (χ3v) is 6.66. The SMILES string of the molecule is O=C(COc1ccc(F)cc1)N(Cc1cccs1)[C@@H]1CCS(=O)(=O)C1. The van der Waals surface area contributed by atoms with Gasteiger partial charge in [-0.3, -0.25) is 4.79 Å². The lowest BCUT2D eigenvalue weighted by molar-refractivity contribution is -0.135. The summed E-state index contributed by atoms with van der Waals surface area (Å²) in [4.78, 5) is 15.2. The molecule has 5 nitrogen and oxygen atoms in total. The second-order valence-electron chi connectivity index (χ2n) is 5.90. The van der Waals surface area contributed by atoms with Crippen LogP contribution in [0.2, 0.25) is 0 Å². The van der Waals surface area contributed by atoms with Gasteiger partial charge < -0.3 is 9.64 Å². The van der Waals surface area contributed by atoms with Crippen molar-refractivity contribution >= 4 is 27.1 Å². The third-order valence-electron chi connectivity index (χ3n) is 4.05. The van der Waals surface area contributed by atoms with Crippen molar-refractivity contribution in [2.75, 3.05) is 18.1 Å². The summed E-state index contributed by atoms with van der Waals surface area (Å²) in [6.07, 6.45) is 0.440. The smallest absolute Gasteiger partial charge is 0.261 e. The molecule has 0 saturated carbocycles. The van der Waals surface area contributed by atoms with E-state index in [2.05, 4.69) is 0 Å². The molecule has 0 N–H and O–H groups in total. The molecule has 1 aliphatic heterocycles. The second kappa shape index (κ2) is 7.53. The minimum absolute atomic E-state index is 0.0132. The van der Waals surface area contributed by atoms with E-state index in [1.165, 1.54) is 35.6 Å². The highest BCUT2D eigenvalue weighted by atomic mass is 32.2. The highest BCUT2D eigenvalue weighted by molar-refractivity contribution is 7.91. The fourth-order valence-electron chi connectivity index (χ4n) is 2.77. The number of hydrogen-bond acceptors (Lipinski definition) is 5. The predicted molar refractivity (Wildman–Crippen MR) is 93.8 cm³/mol. The van der Waals surface area contributed by atoms with E-state index in [1.807, 2.05) is 17.5 Å². The summed E-state index contributed by atoms with van der Waals surface area (Å²) >= 11 is 1.52. The van der Waals surface area contributed by atoms with Crippen LogP contribution in [0, 0.1) is 5.82 Å². The molecule has 25 heavy (non-hydrogen) atoms. The Labute approximate surface area is 150 Å². The molecule has 1 fully saturated rings. The quantitative estimate of drug-likeness (QED) is 0.769. The number of halogens is 1. The first kappa shape index (κ1) is 17.9. The van der Waals surface area contributed by atoms with Gasteiger partial charge in [0.05, 0.1) is 18.1 Å². The zero-order valence-corrected chi connectivity index (χ0v) is 15.1. The summed E-state index contributed by atoms with van der Waals surface area (Å²) in [7, 11) is -3.10. The number of benzene rings is 1. The molecule has 0 aliphatic carbocycles. The number of amides is 1. The van der Waals surface area contributed by atoms with Crippen molar-refractivity contribution in [1.29, 1.82) is 0 Å². The van der Waals surface area contributed by atoms with E-state index in [1.54, 1.807) is 4.90 Å². The Hall–Kier alpha value is -1.93. The van der Waals surface area contributed by atoms with Crippen LogP contribution < -0.4 is 4.74 Å². The van der Waals surface area contributed by atoms with E-state index in [0.717, 1.165) is 4.88 Å². The first-order valence-electron chi connectivity index (χ1n) is 7.83. The van der Waals surface area contributed by atoms with Gasteiger partial charge in [-0.25, -0.2) is 12.8 Å². The molecule has 1 aromatic heterocycles. The molecule has 1 aromatic carbocycles. The van der Waals surface area contributed by atoms with Gasteiger partial charge in [0.1, 0.15) is 11.6 Å². The zero-order chi connectivity index (χ0) is 17.9. The molecule has 0 bridgehead atoms. The lowest BCUT2D eigenvalue weighted by Gasteiger charge is -2.27. The average molecular weight is 383 g/mol. The van der Waals surface area contributed by atoms with E-state index in [4.69, 9.17) is 4.74 Å². The molecule has 1 atom stereocenters. The normalized spacial score (nSPS) is 18.8. The van der Waals surface area contributed by atoms with Gasteiger partial charge in [0.2, 0.25) is 0 Å². The number of nitrogens with zero attached hydrogens (tertiary/aromatic N) is 1. The van der Waals surface area contributed by atoms with Crippen LogP contribution in [0.25, 0.3) is 0 Å². The molecule has 3 rings (SSSR count). The first-order valence-corrected chi connectivity index (χ1v) is 10.5. The summed E-state index contributed by atoms with van der Waals surface area (Å²) in [6.45, 7) is 0.150. The minimum atomic E-state index is -3.10. The molecule has 1 aliphatic rings. The van der Waals surface area contributed by atoms with Crippen molar-refractivity contribution < 1.29 is 22.3 Å². The van der Waals surface area contributed by atoms with Crippen LogP contribution in [0.15, 0.2) is 41.8 Å². The average Bonchev–Trinajstić information content (AvgIpc) is 3.21. The first-order chi connectivity index (χ1) is 11.9. The van der Waals surface area contributed by atoms with Gasteiger partial charge in [0, 0.05) is 10.9 Å². The fraction of sp³-hybridized carbons (Fsp3) is 0.353. The van der Waals surface area contributed by atoms with E-state index in [0.29, 0.717) is 18.7 Å². The summed E-state index contributed by atoms with van der Waals surface area (Å²) in [5.41, 5.74) is 0. The number of rotatable bonds is 6. The summed E-state index contributed by atoms with van der Waals surface area (Å²) < 4.78 is 41.9. The maximum absolute atomic E-state index is 12.9. The molecular formula is C17H18FNO4S2. The highest BCUT2D eigenvalue weighted by Gasteiger charge is 2.34. The second-order valence-corrected chi connectivity index (χ2v) is 9.16. The molecule has 0 unspecified atom stereocenters. The fourth-order valence-corrected chi connectivity index (χ4v) is 5.20. The number of ether oxygens (including phenoxy) is 1. The maximum Gasteiger partial charge on any atom is 0.261 e. The van der Waals surface area contributed by atoms with Crippen molar-refractivity contribution in [3.63, 3.8) is 0 Å². The largest absolute Gasteiger partial charge is 0.484 e. The molecule has 2 aromatic rings. The molecular weight excluding hydrogens is 365 g/mol. The summed E-state index contributed by atoms with van der Waals surface area (Å²) in [5, 5.41) is 1.92. The Morgan fingerprint density at radius 1 is 1.28 bits per heavy atom. The van der Waals surface area contributed by atoms with E-state index < -0.39 is 9.84 Å². The number of carbonyl (C=O) groups is 1. The van der Waals surface area contributed by atoms with Crippen molar-refractivity contribution in [2.45, 2.75) is 19.0 Å². The van der Waals surface area contributed by atoms with Crippen LogP contribution in [0.1, 0.15) is 11.3 Å². The number of sulfone groups is 1. The highest BCUT2D eigenvalue weighted by Crippen LogP contribution is 2.22. The topological polar surface area (TPSA) is 63.7 Å². The van der Waals surface area contributed by atoms with Gasteiger partial charge in [-0.2, -0.15) is 0 Å². The number of carbonyl (C=O) groups excluding carboxylic acids is 1. The molecule has 134 valence electrons. The molecule has 1 amide bonds. The van der Waals surface area contributed by atoms with Crippen LogP contribution in [0.5, 0.6) is 5.75 Å². The van der Waals surface area contributed by atoms with Gasteiger partial charge in [-0.1, -0.05) is 6.07 Å². The Balaban J connectivity index is 1.69. The van der Waals surface area contributed by atoms with Crippen molar-refractivity contribution in [3.8, 4) is 5.75 Å². The minimum Gasteiger partial charge on any atom is -0.484 e. The molecule has 2 heterocycles. The third kappa shape index (κ3) is 4.79. The predicted octanol–water partition coefficient (Wildman–Crippen LogP) is 2.48. The molecule has 0 spiro atoms. The summed E-state index contributed by atoms with van der Waals surface area (Å²) in [5.74, 6) is -0.176. The van der Waals surface area contributed by atoms with Crippen molar-refractivity contribution in [1.82, 2.24) is 4.90 Å². The summed E-state index contributed by atoms with van der Waals surface area (Å²) in [6, 6.07) is 8.88.